The standard InChI is InChI=1S/C18H25FN2O3/c1-13(2)17(14(3)12-22)18(24)21(10-9-19)11-16(23)20-15-7-5-4-6-8-15/h4-8,12-14,17H,9-11H2,1-3H3,(H,20,23)/t14?,17-/m1/s1. The van der Waals surface area contributed by atoms with Crippen LogP contribution in [0.2, 0.25) is 0 Å². The minimum absolute atomic E-state index is 0.0861. The van der Waals surface area contributed by atoms with Gasteiger partial charge >= 0.3 is 0 Å². The fourth-order valence-electron chi connectivity index (χ4n) is 2.68. The highest BCUT2D eigenvalue weighted by Gasteiger charge is 2.32. The van der Waals surface area contributed by atoms with Crippen molar-refractivity contribution in [3.63, 3.8) is 0 Å². The van der Waals surface area contributed by atoms with Crippen molar-refractivity contribution in [1.82, 2.24) is 4.90 Å². The number of para-hydroxylation sites is 1. The summed E-state index contributed by atoms with van der Waals surface area (Å²) in [7, 11) is 0. The van der Waals surface area contributed by atoms with Crippen molar-refractivity contribution in [1.29, 1.82) is 0 Å². The maximum atomic E-state index is 12.8. The number of rotatable bonds is 9. The molecular formula is C18H25FN2O3. The SMILES string of the molecule is CC(C)[C@@H](C(=O)N(CCF)CC(=O)Nc1ccccc1)C(C)C=O. The summed E-state index contributed by atoms with van der Waals surface area (Å²) >= 11 is 0. The van der Waals surface area contributed by atoms with Crippen LogP contribution < -0.4 is 5.32 Å². The lowest BCUT2D eigenvalue weighted by Crippen LogP contribution is -2.45. The van der Waals surface area contributed by atoms with Crippen molar-refractivity contribution in [3.8, 4) is 0 Å². The van der Waals surface area contributed by atoms with E-state index in [4.69, 9.17) is 0 Å². The van der Waals surface area contributed by atoms with Crippen LogP contribution in [0.25, 0.3) is 0 Å². The van der Waals surface area contributed by atoms with Gasteiger partial charge in [-0.3, -0.25) is 9.59 Å². The maximum absolute atomic E-state index is 12.8. The van der Waals surface area contributed by atoms with Crippen LogP contribution in [0.3, 0.4) is 0 Å². The quantitative estimate of drug-likeness (QED) is 0.705. The number of anilines is 1. The van der Waals surface area contributed by atoms with Crippen LogP contribution in [0.1, 0.15) is 20.8 Å². The molecule has 0 saturated heterocycles. The van der Waals surface area contributed by atoms with E-state index in [0.717, 1.165) is 6.29 Å². The molecule has 132 valence electrons. The highest BCUT2D eigenvalue weighted by molar-refractivity contribution is 5.95. The predicted molar refractivity (Wildman–Crippen MR) is 91.2 cm³/mol. The third kappa shape index (κ3) is 5.76. The van der Waals surface area contributed by atoms with Gasteiger partial charge in [0, 0.05) is 24.1 Å². The first-order valence-electron chi connectivity index (χ1n) is 8.05. The van der Waals surface area contributed by atoms with Crippen molar-refractivity contribution >= 4 is 23.8 Å². The van der Waals surface area contributed by atoms with Gasteiger partial charge in [0.1, 0.15) is 13.0 Å². The Labute approximate surface area is 142 Å². The van der Waals surface area contributed by atoms with Crippen molar-refractivity contribution in [3.05, 3.63) is 30.3 Å². The lowest BCUT2D eigenvalue weighted by molar-refractivity contribution is -0.142. The Bertz CT molecular complexity index is 548. The monoisotopic (exact) mass is 336 g/mol. The Morgan fingerprint density at radius 2 is 1.83 bits per heavy atom. The molecule has 0 fully saturated rings. The summed E-state index contributed by atoms with van der Waals surface area (Å²) in [5, 5.41) is 2.67. The number of nitrogens with zero attached hydrogens (tertiary/aromatic N) is 1. The number of halogens is 1. The van der Waals surface area contributed by atoms with Gasteiger partial charge in [0.05, 0.1) is 6.54 Å². The molecule has 1 N–H and O–H groups in total. The maximum Gasteiger partial charge on any atom is 0.243 e. The molecular weight excluding hydrogens is 311 g/mol. The Hall–Kier alpha value is -2.24. The van der Waals surface area contributed by atoms with E-state index in [9.17, 15) is 18.8 Å². The molecule has 0 saturated carbocycles. The van der Waals surface area contributed by atoms with Gasteiger partial charge in [0.2, 0.25) is 11.8 Å². The highest BCUT2D eigenvalue weighted by Crippen LogP contribution is 2.22. The lowest BCUT2D eigenvalue weighted by atomic mass is 9.84. The van der Waals surface area contributed by atoms with Gasteiger partial charge < -0.3 is 15.0 Å². The fraction of sp³-hybridized carbons (Fsp3) is 0.500. The number of amides is 2. The van der Waals surface area contributed by atoms with Crippen LogP contribution in [0, 0.1) is 17.8 Å². The lowest BCUT2D eigenvalue weighted by Gasteiger charge is -2.30. The summed E-state index contributed by atoms with van der Waals surface area (Å²) in [6, 6.07) is 8.83. The molecule has 0 radical (unpaired) electrons. The Kier molecular flexibility index (Phi) is 8.09. The second kappa shape index (κ2) is 9.80. The molecule has 0 heterocycles. The summed E-state index contributed by atoms with van der Waals surface area (Å²) in [6.45, 7) is 4.17. The third-order valence-electron chi connectivity index (χ3n) is 3.84. The molecule has 6 heteroatoms. The van der Waals surface area contributed by atoms with Crippen LogP contribution in [0.5, 0.6) is 0 Å². The highest BCUT2D eigenvalue weighted by atomic mass is 19.1. The molecule has 0 spiro atoms. The zero-order valence-corrected chi connectivity index (χ0v) is 14.4. The summed E-state index contributed by atoms with van der Waals surface area (Å²) in [6.07, 6.45) is 0.722. The van der Waals surface area contributed by atoms with Crippen molar-refractivity contribution in [2.45, 2.75) is 20.8 Å². The fourth-order valence-corrected chi connectivity index (χ4v) is 2.68. The average molecular weight is 336 g/mol. The number of aldehydes is 1. The molecule has 0 aliphatic carbocycles. The van der Waals surface area contributed by atoms with Gasteiger partial charge in [0.25, 0.3) is 0 Å². The number of carbonyl (C=O) groups is 3. The minimum Gasteiger partial charge on any atom is -0.330 e. The molecule has 0 bridgehead atoms. The van der Waals surface area contributed by atoms with Crippen molar-refractivity contribution < 1.29 is 18.8 Å². The van der Waals surface area contributed by atoms with Gasteiger partial charge in [-0.25, -0.2) is 4.39 Å². The van der Waals surface area contributed by atoms with Crippen LogP contribution in [0.4, 0.5) is 10.1 Å². The molecule has 0 aliphatic rings. The molecule has 0 aromatic heterocycles. The molecule has 1 unspecified atom stereocenters. The first kappa shape index (κ1) is 19.8. The molecule has 1 aromatic carbocycles. The summed E-state index contributed by atoms with van der Waals surface area (Å²) < 4.78 is 12.8. The number of hydrogen-bond donors (Lipinski definition) is 1. The van der Waals surface area contributed by atoms with Crippen LogP contribution in [-0.4, -0.2) is 42.8 Å². The molecule has 0 aliphatic heterocycles. The molecule has 2 amide bonds. The van der Waals surface area contributed by atoms with Gasteiger partial charge in [-0.15, -0.1) is 0 Å². The first-order valence-corrected chi connectivity index (χ1v) is 8.05. The van der Waals surface area contributed by atoms with E-state index < -0.39 is 24.4 Å². The Morgan fingerprint density at radius 3 is 2.33 bits per heavy atom. The summed E-state index contributed by atoms with van der Waals surface area (Å²) in [5.74, 6) is -1.91. The smallest absolute Gasteiger partial charge is 0.243 e. The number of hydrogen-bond acceptors (Lipinski definition) is 3. The van der Waals surface area contributed by atoms with Gasteiger partial charge in [-0.2, -0.15) is 0 Å². The van der Waals surface area contributed by atoms with E-state index >= 15 is 0 Å². The van der Waals surface area contributed by atoms with Crippen LogP contribution in [0.15, 0.2) is 30.3 Å². The second-order valence-corrected chi connectivity index (χ2v) is 6.13. The number of alkyl halides is 1. The molecule has 1 rings (SSSR count). The Morgan fingerprint density at radius 1 is 1.21 bits per heavy atom. The third-order valence-corrected chi connectivity index (χ3v) is 3.84. The zero-order valence-electron chi connectivity index (χ0n) is 14.4. The first-order chi connectivity index (χ1) is 11.4. The number of benzene rings is 1. The molecule has 5 nitrogen and oxygen atoms in total. The zero-order chi connectivity index (χ0) is 18.1. The Balaban J connectivity index is 2.82. The summed E-state index contributed by atoms with van der Waals surface area (Å²) in [5.41, 5.74) is 0.608. The number of nitrogens with one attached hydrogen (secondary N) is 1. The van der Waals surface area contributed by atoms with E-state index in [-0.39, 0.29) is 24.9 Å². The van der Waals surface area contributed by atoms with Gasteiger partial charge in [-0.05, 0) is 18.1 Å². The van der Waals surface area contributed by atoms with E-state index in [1.165, 1.54) is 4.90 Å². The molecule has 1 aromatic rings. The van der Waals surface area contributed by atoms with Crippen molar-refractivity contribution in [2.24, 2.45) is 17.8 Å². The van der Waals surface area contributed by atoms with Gasteiger partial charge in [0.15, 0.2) is 0 Å². The average Bonchev–Trinajstić information content (AvgIpc) is 2.54. The van der Waals surface area contributed by atoms with Crippen LogP contribution >= 0.6 is 0 Å². The minimum atomic E-state index is -0.745. The molecule has 2 atom stereocenters. The normalized spacial score (nSPS) is 13.2. The van der Waals surface area contributed by atoms with Crippen LogP contribution in [-0.2, 0) is 14.4 Å². The predicted octanol–water partition coefficient (Wildman–Crippen LogP) is 2.53. The number of carbonyl (C=O) groups excluding carboxylic acids is 3. The largest absolute Gasteiger partial charge is 0.330 e. The summed E-state index contributed by atoms with van der Waals surface area (Å²) in [4.78, 5) is 37.1. The van der Waals surface area contributed by atoms with Crippen molar-refractivity contribution in [2.75, 3.05) is 25.1 Å². The second-order valence-electron chi connectivity index (χ2n) is 6.13. The van der Waals surface area contributed by atoms with E-state index in [0.29, 0.717) is 5.69 Å². The van der Waals surface area contributed by atoms with E-state index in [1.807, 2.05) is 19.9 Å². The topological polar surface area (TPSA) is 66.5 Å². The van der Waals surface area contributed by atoms with E-state index in [2.05, 4.69) is 5.32 Å². The van der Waals surface area contributed by atoms with E-state index in [1.54, 1.807) is 31.2 Å². The molecule has 24 heavy (non-hydrogen) atoms. The van der Waals surface area contributed by atoms with Gasteiger partial charge in [-0.1, -0.05) is 39.0 Å².